The van der Waals surface area contributed by atoms with Crippen molar-refractivity contribution >= 4 is 28.7 Å². The van der Waals surface area contributed by atoms with E-state index in [2.05, 4.69) is 10.3 Å². The molecule has 3 N–H and O–H groups in total. The number of fused-ring (bicyclic) bond motifs is 1. The van der Waals surface area contributed by atoms with Gasteiger partial charge in [0.15, 0.2) is 0 Å². The first-order valence-electron chi connectivity index (χ1n) is 9.67. The van der Waals surface area contributed by atoms with Crippen LogP contribution in [0.1, 0.15) is 43.3 Å². The molecule has 0 aliphatic rings. The molecule has 0 fully saturated rings. The largest absolute Gasteiger partial charge is 0.475 e. The fourth-order valence-electron chi connectivity index (χ4n) is 3.59. The Morgan fingerprint density at radius 2 is 1.77 bits per heavy atom. The van der Waals surface area contributed by atoms with Crippen molar-refractivity contribution in [2.45, 2.75) is 20.0 Å². The summed E-state index contributed by atoms with van der Waals surface area (Å²) >= 11 is 0. The molecule has 2 aromatic heterocycles. The van der Waals surface area contributed by atoms with Gasteiger partial charge < -0.3 is 14.6 Å². The highest BCUT2D eigenvalue weighted by molar-refractivity contribution is 6.05. The third kappa shape index (κ3) is 4.17. The standard InChI is InChI=1S/C24H20N2O5/c1-14-11-17(13-27)18-8-4-6-16(22(18)25-14)12-15-5-2-3-7-19(15)23(28)26-21-10-9-20(31-21)24(29)30/h2-11,27H,12-13H2,1H3,(H,26,28)(H,29,30). The molecular formula is C24H20N2O5. The molecule has 1 amide bonds. The average Bonchev–Trinajstić information content (AvgIpc) is 3.23. The van der Waals surface area contributed by atoms with Gasteiger partial charge in [0.1, 0.15) is 0 Å². The van der Waals surface area contributed by atoms with E-state index in [4.69, 9.17) is 9.52 Å². The highest BCUT2D eigenvalue weighted by Gasteiger charge is 2.16. The topological polar surface area (TPSA) is 113 Å². The van der Waals surface area contributed by atoms with E-state index in [1.165, 1.54) is 12.1 Å². The SMILES string of the molecule is Cc1cc(CO)c2cccc(Cc3ccccc3C(=O)Nc3ccc(C(=O)O)o3)c2n1. The second kappa shape index (κ2) is 8.41. The number of nitrogens with one attached hydrogen (secondary N) is 1. The minimum atomic E-state index is -1.21. The number of nitrogens with zero attached hydrogens (tertiary/aromatic N) is 1. The van der Waals surface area contributed by atoms with E-state index < -0.39 is 11.9 Å². The Kier molecular flexibility index (Phi) is 5.51. The predicted molar refractivity (Wildman–Crippen MR) is 115 cm³/mol. The van der Waals surface area contributed by atoms with Crippen LogP contribution in [0.4, 0.5) is 5.88 Å². The number of carbonyl (C=O) groups is 2. The molecular weight excluding hydrogens is 396 g/mol. The van der Waals surface area contributed by atoms with Gasteiger partial charge in [-0.1, -0.05) is 36.4 Å². The summed E-state index contributed by atoms with van der Waals surface area (Å²) in [5.41, 5.74) is 4.57. The molecule has 0 saturated carbocycles. The average molecular weight is 416 g/mol. The smallest absolute Gasteiger partial charge is 0.371 e. The zero-order valence-corrected chi connectivity index (χ0v) is 16.8. The van der Waals surface area contributed by atoms with Crippen molar-refractivity contribution in [2.75, 3.05) is 5.32 Å². The fraction of sp³-hybridized carbons (Fsp3) is 0.125. The minimum absolute atomic E-state index is 0.0623. The zero-order chi connectivity index (χ0) is 22.0. The highest BCUT2D eigenvalue weighted by Crippen LogP contribution is 2.25. The van der Waals surface area contributed by atoms with Crippen LogP contribution in [0, 0.1) is 6.92 Å². The Labute approximate surface area is 178 Å². The number of carboxylic acids is 1. The van der Waals surface area contributed by atoms with Crippen LogP contribution in [0.5, 0.6) is 0 Å². The molecule has 0 aliphatic carbocycles. The number of benzene rings is 2. The monoisotopic (exact) mass is 416 g/mol. The molecule has 0 radical (unpaired) electrons. The zero-order valence-electron chi connectivity index (χ0n) is 16.8. The first-order chi connectivity index (χ1) is 15.0. The lowest BCUT2D eigenvalue weighted by Crippen LogP contribution is -2.14. The number of rotatable bonds is 6. The van der Waals surface area contributed by atoms with Gasteiger partial charge in [-0.15, -0.1) is 0 Å². The van der Waals surface area contributed by atoms with Gasteiger partial charge in [-0.25, -0.2) is 4.79 Å². The lowest BCUT2D eigenvalue weighted by Gasteiger charge is -2.12. The maximum atomic E-state index is 12.9. The third-order valence-corrected chi connectivity index (χ3v) is 5.00. The van der Waals surface area contributed by atoms with Gasteiger partial charge in [0.25, 0.3) is 5.91 Å². The van der Waals surface area contributed by atoms with E-state index >= 15 is 0 Å². The molecule has 7 heteroatoms. The first-order valence-corrected chi connectivity index (χ1v) is 9.67. The van der Waals surface area contributed by atoms with E-state index in [0.717, 1.165) is 33.3 Å². The third-order valence-electron chi connectivity index (χ3n) is 5.00. The molecule has 0 aliphatic heterocycles. The van der Waals surface area contributed by atoms with Crippen LogP contribution in [0.3, 0.4) is 0 Å². The number of amides is 1. The summed E-state index contributed by atoms with van der Waals surface area (Å²) in [6.07, 6.45) is 0.459. The lowest BCUT2D eigenvalue weighted by atomic mass is 9.96. The van der Waals surface area contributed by atoms with Gasteiger partial charge in [0, 0.05) is 29.1 Å². The van der Waals surface area contributed by atoms with Crippen LogP contribution in [0.25, 0.3) is 10.9 Å². The van der Waals surface area contributed by atoms with Crippen LogP contribution < -0.4 is 5.32 Å². The Morgan fingerprint density at radius 1 is 1.00 bits per heavy atom. The Balaban J connectivity index is 1.67. The number of aromatic nitrogens is 1. The van der Waals surface area contributed by atoms with E-state index in [9.17, 15) is 14.7 Å². The fourth-order valence-corrected chi connectivity index (χ4v) is 3.59. The molecule has 0 atom stereocenters. The van der Waals surface area contributed by atoms with Gasteiger partial charge in [0.05, 0.1) is 12.1 Å². The van der Waals surface area contributed by atoms with Gasteiger partial charge in [-0.3, -0.25) is 15.1 Å². The quantitative estimate of drug-likeness (QED) is 0.435. The Hall–Kier alpha value is -3.97. The van der Waals surface area contributed by atoms with Gasteiger partial charge >= 0.3 is 5.97 Å². The van der Waals surface area contributed by atoms with Crippen molar-refractivity contribution in [3.8, 4) is 0 Å². The Morgan fingerprint density at radius 3 is 2.52 bits per heavy atom. The van der Waals surface area contributed by atoms with Crippen molar-refractivity contribution in [2.24, 2.45) is 0 Å². The molecule has 4 aromatic rings. The molecule has 0 spiro atoms. The first kappa shape index (κ1) is 20.3. The van der Waals surface area contributed by atoms with Crippen LogP contribution in [0.2, 0.25) is 0 Å². The van der Waals surface area contributed by atoms with Crippen LogP contribution in [-0.2, 0) is 13.0 Å². The van der Waals surface area contributed by atoms with E-state index in [1.54, 1.807) is 12.1 Å². The van der Waals surface area contributed by atoms with E-state index in [0.29, 0.717) is 12.0 Å². The number of carboxylic acid groups (broad SMARTS) is 1. The van der Waals surface area contributed by atoms with E-state index in [1.807, 2.05) is 43.3 Å². The number of aromatic carboxylic acids is 1. The van der Waals surface area contributed by atoms with Gasteiger partial charge in [0.2, 0.25) is 11.6 Å². The van der Waals surface area contributed by atoms with Crippen LogP contribution >= 0.6 is 0 Å². The maximum Gasteiger partial charge on any atom is 0.371 e. The summed E-state index contributed by atoms with van der Waals surface area (Å²) in [5, 5.41) is 22.2. The second-order valence-corrected chi connectivity index (χ2v) is 7.15. The van der Waals surface area contributed by atoms with Crippen molar-refractivity contribution < 1.29 is 24.2 Å². The number of furan rings is 1. The molecule has 0 unspecified atom stereocenters. The van der Waals surface area contributed by atoms with Gasteiger partial charge in [-0.05, 0) is 41.8 Å². The van der Waals surface area contributed by atoms with Gasteiger partial charge in [-0.2, -0.15) is 0 Å². The molecule has 156 valence electrons. The minimum Gasteiger partial charge on any atom is -0.475 e. The number of aryl methyl sites for hydroxylation is 1. The molecule has 4 rings (SSSR count). The maximum absolute atomic E-state index is 12.9. The summed E-state index contributed by atoms with van der Waals surface area (Å²) in [7, 11) is 0. The van der Waals surface area contributed by atoms with Crippen molar-refractivity contribution in [3.05, 3.63) is 94.4 Å². The summed E-state index contributed by atoms with van der Waals surface area (Å²) in [6, 6.07) is 17.5. The van der Waals surface area contributed by atoms with Crippen molar-refractivity contribution in [3.63, 3.8) is 0 Å². The van der Waals surface area contributed by atoms with Crippen LogP contribution in [-0.4, -0.2) is 27.1 Å². The summed E-state index contributed by atoms with van der Waals surface area (Å²) in [5.74, 6) is -1.79. The van der Waals surface area contributed by atoms with Crippen molar-refractivity contribution in [1.29, 1.82) is 0 Å². The molecule has 7 nitrogen and oxygen atoms in total. The number of para-hydroxylation sites is 1. The normalized spacial score (nSPS) is 10.9. The number of aliphatic hydroxyl groups excluding tert-OH is 1. The number of hydrogen-bond donors (Lipinski definition) is 3. The highest BCUT2D eigenvalue weighted by atomic mass is 16.4. The predicted octanol–water partition coefficient (Wildman–Crippen LogP) is 4.17. The molecule has 2 aromatic carbocycles. The molecule has 0 bridgehead atoms. The van der Waals surface area contributed by atoms with Crippen molar-refractivity contribution in [1.82, 2.24) is 4.98 Å². The number of hydrogen-bond acceptors (Lipinski definition) is 5. The molecule has 31 heavy (non-hydrogen) atoms. The summed E-state index contributed by atoms with van der Waals surface area (Å²) < 4.78 is 5.13. The van der Waals surface area contributed by atoms with E-state index in [-0.39, 0.29) is 18.3 Å². The number of aliphatic hydroxyl groups is 1. The lowest BCUT2D eigenvalue weighted by molar-refractivity contribution is 0.0662. The number of pyridine rings is 1. The summed E-state index contributed by atoms with van der Waals surface area (Å²) in [6.45, 7) is 1.80. The molecule has 2 heterocycles. The Bertz CT molecular complexity index is 1290. The molecule has 0 saturated heterocycles. The number of anilines is 1. The summed E-state index contributed by atoms with van der Waals surface area (Å²) in [4.78, 5) is 28.5. The number of carbonyl (C=O) groups excluding carboxylic acids is 1. The second-order valence-electron chi connectivity index (χ2n) is 7.15. The van der Waals surface area contributed by atoms with Crippen LogP contribution in [0.15, 0.2) is 65.1 Å².